The maximum Gasteiger partial charge on any atom is 0.341 e. The second-order valence-corrected chi connectivity index (χ2v) is 5.93. The van der Waals surface area contributed by atoms with E-state index in [9.17, 15) is 24.5 Å². The van der Waals surface area contributed by atoms with Crippen molar-refractivity contribution in [1.82, 2.24) is 10.6 Å². The van der Waals surface area contributed by atoms with Gasteiger partial charge in [-0.3, -0.25) is 19.7 Å². The molecule has 10 heteroatoms. The molecule has 0 heterocycles. The Bertz CT molecular complexity index is 702. The Morgan fingerprint density at radius 1 is 1.23 bits per heavy atom. The quantitative estimate of drug-likeness (QED) is 0.388. The van der Waals surface area contributed by atoms with Crippen LogP contribution in [0.15, 0.2) is 18.2 Å². The van der Waals surface area contributed by atoms with Gasteiger partial charge in [-0.2, -0.15) is 0 Å². The average molecular weight is 366 g/mol. The summed E-state index contributed by atoms with van der Waals surface area (Å²) in [5.41, 5.74) is 0.115. The molecule has 0 aliphatic heterocycles. The molecule has 0 saturated carbocycles. The molecule has 0 unspecified atom stereocenters. The van der Waals surface area contributed by atoms with E-state index >= 15 is 0 Å². The molecule has 142 valence electrons. The Labute approximate surface area is 150 Å². The Morgan fingerprint density at radius 2 is 1.88 bits per heavy atom. The number of hydrogen-bond donors (Lipinski definition) is 2. The zero-order chi connectivity index (χ0) is 19.9. The van der Waals surface area contributed by atoms with Gasteiger partial charge in [0, 0.05) is 32.3 Å². The lowest BCUT2D eigenvalue weighted by atomic mass is 10.1. The summed E-state index contributed by atoms with van der Waals surface area (Å²) in [7, 11) is 3.33. The molecule has 0 radical (unpaired) electrons. The minimum absolute atomic E-state index is 0.0328. The minimum Gasteiger partial charge on any atom is -0.452 e. The second kappa shape index (κ2) is 9.35. The van der Waals surface area contributed by atoms with Crippen LogP contribution in [0.25, 0.3) is 0 Å². The predicted octanol–water partition coefficient (Wildman–Crippen LogP) is 0.458. The van der Waals surface area contributed by atoms with E-state index in [1.807, 2.05) is 0 Å². The molecule has 1 rings (SSSR count). The molecular weight excluding hydrogens is 344 g/mol. The van der Waals surface area contributed by atoms with Crippen molar-refractivity contribution in [2.75, 3.05) is 32.1 Å². The zero-order valence-corrected chi connectivity index (χ0v) is 15.1. The van der Waals surface area contributed by atoms with Gasteiger partial charge in [0.05, 0.1) is 22.7 Å². The molecule has 0 aromatic heterocycles. The largest absolute Gasteiger partial charge is 0.452 e. The number of hydrogen-bond acceptors (Lipinski definition) is 7. The van der Waals surface area contributed by atoms with E-state index in [2.05, 4.69) is 10.6 Å². The molecule has 10 nitrogen and oxygen atoms in total. The fraction of sp³-hybridized carbons (Fsp3) is 0.438. The molecule has 1 aromatic rings. The molecule has 0 atom stereocenters. The van der Waals surface area contributed by atoms with Crippen molar-refractivity contribution in [2.45, 2.75) is 19.9 Å². The molecule has 1 aromatic carbocycles. The molecule has 0 aliphatic rings. The lowest BCUT2D eigenvalue weighted by Gasteiger charge is -2.16. The summed E-state index contributed by atoms with van der Waals surface area (Å²) in [5.74, 6) is -1.90. The van der Waals surface area contributed by atoms with E-state index in [-0.39, 0.29) is 29.7 Å². The van der Waals surface area contributed by atoms with Gasteiger partial charge in [-0.05, 0) is 19.9 Å². The molecule has 26 heavy (non-hydrogen) atoms. The SMILES string of the molecule is CC(C)NC(=O)CNC(=O)COC(=O)c1cc([N+](=O)[O-])ccc1N(C)C. The van der Waals surface area contributed by atoms with Gasteiger partial charge in [0.25, 0.3) is 11.6 Å². The maximum atomic E-state index is 12.2. The third kappa shape index (κ3) is 6.38. The highest BCUT2D eigenvalue weighted by Gasteiger charge is 2.20. The summed E-state index contributed by atoms with van der Waals surface area (Å²) in [5, 5.41) is 15.8. The summed E-state index contributed by atoms with van der Waals surface area (Å²) in [6.07, 6.45) is 0. The topological polar surface area (TPSA) is 131 Å². The summed E-state index contributed by atoms with van der Waals surface area (Å²) in [6.45, 7) is 2.71. The Hall–Kier alpha value is -3.17. The number of rotatable bonds is 8. The van der Waals surface area contributed by atoms with Crippen molar-refractivity contribution in [3.8, 4) is 0 Å². The summed E-state index contributed by atoms with van der Waals surface area (Å²) in [6, 6.07) is 3.72. The number of nitro groups is 1. The molecule has 0 spiro atoms. The second-order valence-electron chi connectivity index (χ2n) is 5.93. The third-order valence-electron chi connectivity index (χ3n) is 3.12. The number of nitrogens with zero attached hydrogens (tertiary/aromatic N) is 2. The molecule has 0 fully saturated rings. The van der Waals surface area contributed by atoms with Crippen molar-refractivity contribution in [1.29, 1.82) is 0 Å². The molecule has 2 amide bonds. The first-order valence-corrected chi connectivity index (χ1v) is 7.80. The van der Waals surface area contributed by atoms with Gasteiger partial charge in [-0.15, -0.1) is 0 Å². The number of amides is 2. The fourth-order valence-corrected chi connectivity index (χ4v) is 2.00. The van der Waals surface area contributed by atoms with E-state index in [1.54, 1.807) is 32.8 Å². The monoisotopic (exact) mass is 366 g/mol. The first kappa shape index (κ1) is 20.9. The van der Waals surface area contributed by atoms with Crippen LogP contribution in [0.1, 0.15) is 24.2 Å². The number of carbonyl (C=O) groups excluding carboxylic acids is 3. The summed E-state index contributed by atoms with van der Waals surface area (Å²) >= 11 is 0. The number of ether oxygens (including phenoxy) is 1. The van der Waals surface area contributed by atoms with Gasteiger partial charge in [0.1, 0.15) is 0 Å². The van der Waals surface area contributed by atoms with Crippen molar-refractivity contribution in [3.05, 3.63) is 33.9 Å². The number of carbonyl (C=O) groups is 3. The van der Waals surface area contributed by atoms with Crippen LogP contribution in [-0.4, -0.2) is 56.0 Å². The molecular formula is C16H22N4O6. The number of nitro benzene ring substituents is 1. The number of benzene rings is 1. The Morgan fingerprint density at radius 3 is 2.42 bits per heavy atom. The first-order chi connectivity index (χ1) is 12.1. The van der Waals surface area contributed by atoms with Gasteiger partial charge in [0.2, 0.25) is 5.91 Å². The van der Waals surface area contributed by atoms with E-state index < -0.39 is 23.4 Å². The van der Waals surface area contributed by atoms with Crippen LogP contribution in [0.4, 0.5) is 11.4 Å². The van der Waals surface area contributed by atoms with Crippen LogP contribution >= 0.6 is 0 Å². The highest BCUT2D eigenvalue weighted by molar-refractivity contribution is 5.97. The van der Waals surface area contributed by atoms with Crippen LogP contribution in [0.2, 0.25) is 0 Å². The van der Waals surface area contributed by atoms with E-state index in [4.69, 9.17) is 4.74 Å². The van der Waals surface area contributed by atoms with Crippen molar-refractivity contribution in [2.24, 2.45) is 0 Å². The van der Waals surface area contributed by atoms with Gasteiger partial charge < -0.3 is 20.3 Å². The zero-order valence-electron chi connectivity index (χ0n) is 15.1. The van der Waals surface area contributed by atoms with E-state index in [0.717, 1.165) is 6.07 Å². The Kier molecular flexibility index (Phi) is 7.51. The molecule has 0 bridgehead atoms. The van der Waals surface area contributed by atoms with Crippen LogP contribution in [0.3, 0.4) is 0 Å². The maximum absolute atomic E-state index is 12.2. The highest BCUT2D eigenvalue weighted by atomic mass is 16.6. The van der Waals surface area contributed by atoms with Crippen LogP contribution in [0, 0.1) is 10.1 Å². The molecule has 2 N–H and O–H groups in total. The fourth-order valence-electron chi connectivity index (χ4n) is 2.00. The predicted molar refractivity (Wildman–Crippen MR) is 94.0 cm³/mol. The standard InChI is InChI=1S/C16H22N4O6/c1-10(2)18-14(21)8-17-15(22)9-26-16(23)12-7-11(20(24)25)5-6-13(12)19(3)4/h5-7,10H,8-9H2,1-4H3,(H,17,22)(H,18,21). The lowest BCUT2D eigenvalue weighted by molar-refractivity contribution is -0.384. The van der Waals surface area contributed by atoms with Gasteiger partial charge in [-0.1, -0.05) is 0 Å². The lowest BCUT2D eigenvalue weighted by Crippen LogP contribution is -2.41. The average Bonchev–Trinajstić information content (AvgIpc) is 2.56. The number of nitrogens with one attached hydrogen (secondary N) is 2. The van der Waals surface area contributed by atoms with Gasteiger partial charge in [-0.25, -0.2) is 4.79 Å². The number of esters is 1. The van der Waals surface area contributed by atoms with Crippen molar-refractivity contribution < 1.29 is 24.0 Å². The normalized spacial score (nSPS) is 10.2. The van der Waals surface area contributed by atoms with E-state index in [1.165, 1.54) is 12.1 Å². The summed E-state index contributed by atoms with van der Waals surface area (Å²) in [4.78, 5) is 47.2. The number of non-ortho nitro benzene ring substituents is 1. The molecule has 0 saturated heterocycles. The number of anilines is 1. The van der Waals surface area contributed by atoms with Gasteiger partial charge >= 0.3 is 5.97 Å². The van der Waals surface area contributed by atoms with Crippen LogP contribution in [0.5, 0.6) is 0 Å². The molecule has 0 aliphatic carbocycles. The van der Waals surface area contributed by atoms with Crippen molar-refractivity contribution >= 4 is 29.2 Å². The minimum atomic E-state index is -0.876. The Balaban J connectivity index is 2.70. The van der Waals surface area contributed by atoms with Crippen LogP contribution < -0.4 is 15.5 Å². The van der Waals surface area contributed by atoms with Gasteiger partial charge in [0.15, 0.2) is 6.61 Å². The summed E-state index contributed by atoms with van der Waals surface area (Å²) < 4.78 is 4.90. The highest BCUT2D eigenvalue weighted by Crippen LogP contribution is 2.24. The first-order valence-electron chi connectivity index (χ1n) is 7.80. The van der Waals surface area contributed by atoms with E-state index in [0.29, 0.717) is 5.69 Å². The smallest absolute Gasteiger partial charge is 0.341 e. The van der Waals surface area contributed by atoms with Crippen molar-refractivity contribution in [3.63, 3.8) is 0 Å². The third-order valence-corrected chi connectivity index (χ3v) is 3.12. The van der Waals surface area contributed by atoms with Crippen LogP contribution in [-0.2, 0) is 14.3 Å².